The standard InChI is InChI=1S/C13H26N2O2.ClH/c1-2-11(6-8-16)10-15-13(17)4-3-12-5-7-14-9-12;/h11-12,14,16H,2-10H2,1H3,(H,15,17);1H. The second-order valence-corrected chi connectivity index (χ2v) is 4.99. The summed E-state index contributed by atoms with van der Waals surface area (Å²) in [5.41, 5.74) is 0. The highest BCUT2D eigenvalue weighted by molar-refractivity contribution is 5.85. The van der Waals surface area contributed by atoms with E-state index in [0.29, 0.717) is 24.8 Å². The molecule has 5 heteroatoms. The Balaban J connectivity index is 0.00000289. The Labute approximate surface area is 116 Å². The Morgan fingerprint density at radius 2 is 2.33 bits per heavy atom. The molecule has 4 nitrogen and oxygen atoms in total. The minimum atomic E-state index is 0. The van der Waals surface area contributed by atoms with Gasteiger partial charge in [0.25, 0.3) is 0 Å². The molecule has 0 radical (unpaired) electrons. The van der Waals surface area contributed by atoms with Crippen LogP contribution in [-0.4, -0.2) is 37.3 Å². The molecule has 3 N–H and O–H groups in total. The highest BCUT2D eigenvalue weighted by Gasteiger charge is 2.16. The van der Waals surface area contributed by atoms with Crippen LogP contribution < -0.4 is 10.6 Å². The van der Waals surface area contributed by atoms with Crippen LogP contribution >= 0.6 is 12.4 Å². The summed E-state index contributed by atoms with van der Waals surface area (Å²) in [6.45, 7) is 5.17. The molecule has 18 heavy (non-hydrogen) atoms. The Morgan fingerprint density at radius 1 is 1.56 bits per heavy atom. The van der Waals surface area contributed by atoms with Crippen molar-refractivity contribution in [1.82, 2.24) is 10.6 Å². The lowest BCUT2D eigenvalue weighted by Crippen LogP contribution is -2.29. The molecule has 1 heterocycles. The molecule has 0 aromatic carbocycles. The Bertz CT molecular complexity index is 221. The first-order valence-electron chi connectivity index (χ1n) is 6.84. The van der Waals surface area contributed by atoms with E-state index in [1.807, 2.05) is 0 Å². The first-order chi connectivity index (χ1) is 8.26. The first-order valence-corrected chi connectivity index (χ1v) is 6.84. The van der Waals surface area contributed by atoms with Crippen molar-refractivity contribution in [2.24, 2.45) is 11.8 Å². The summed E-state index contributed by atoms with van der Waals surface area (Å²) in [6.07, 6.45) is 4.63. The molecule has 1 amide bonds. The summed E-state index contributed by atoms with van der Waals surface area (Å²) in [4.78, 5) is 11.6. The number of nitrogens with one attached hydrogen (secondary N) is 2. The van der Waals surface area contributed by atoms with Gasteiger partial charge in [0.2, 0.25) is 5.91 Å². The average molecular weight is 279 g/mol. The number of halogens is 1. The summed E-state index contributed by atoms with van der Waals surface area (Å²) in [5, 5.41) is 15.1. The monoisotopic (exact) mass is 278 g/mol. The number of hydrogen-bond acceptors (Lipinski definition) is 3. The van der Waals surface area contributed by atoms with Crippen molar-refractivity contribution < 1.29 is 9.90 Å². The number of rotatable bonds is 8. The quantitative estimate of drug-likeness (QED) is 0.628. The maximum Gasteiger partial charge on any atom is 0.220 e. The van der Waals surface area contributed by atoms with Gasteiger partial charge in [0.05, 0.1) is 0 Å². The lowest BCUT2D eigenvalue weighted by atomic mass is 10.0. The van der Waals surface area contributed by atoms with Crippen molar-refractivity contribution in [2.45, 2.75) is 39.0 Å². The summed E-state index contributed by atoms with van der Waals surface area (Å²) in [7, 11) is 0. The van der Waals surface area contributed by atoms with Gasteiger partial charge in [-0.3, -0.25) is 4.79 Å². The lowest BCUT2D eigenvalue weighted by molar-refractivity contribution is -0.121. The zero-order chi connectivity index (χ0) is 12.5. The van der Waals surface area contributed by atoms with Crippen LogP contribution in [0.3, 0.4) is 0 Å². The predicted octanol–water partition coefficient (Wildman–Crippen LogP) is 1.32. The van der Waals surface area contributed by atoms with Crippen molar-refractivity contribution in [2.75, 3.05) is 26.2 Å². The van der Waals surface area contributed by atoms with Crippen molar-refractivity contribution in [3.8, 4) is 0 Å². The van der Waals surface area contributed by atoms with Crippen molar-refractivity contribution >= 4 is 18.3 Å². The van der Waals surface area contributed by atoms with E-state index >= 15 is 0 Å². The number of aliphatic hydroxyl groups is 1. The fraction of sp³-hybridized carbons (Fsp3) is 0.923. The summed E-state index contributed by atoms with van der Waals surface area (Å²) >= 11 is 0. The number of amides is 1. The Kier molecular flexibility index (Phi) is 10.4. The van der Waals surface area contributed by atoms with Crippen LogP contribution in [0.1, 0.15) is 39.0 Å². The molecular formula is C13H27ClN2O2. The predicted molar refractivity (Wildman–Crippen MR) is 76.0 cm³/mol. The van der Waals surface area contributed by atoms with Crippen molar-refractivity contribution in [1.29, 1.82) is 0 Å². The van der Waals surface area contributed by atoms with Gasteiger partial charge in [0.15, 0.2) is 0 Å². The third kappa shape index (κ3) is 7.19. The zero-order valence-corrected chi connectivity index (χ0v) is 12.1. The minimum Gasteiger partial charge on any atom is -0.396 e. The van der Waals surface area contributed by atoms with Gasteiger partial charge in [-0.05, 0) is 44.2 Å². The second-order valence-electron chi connectivity index (χ2n) is 4.99. The highest BCUT2D eigenvalue weighted by atomic mass is 35.5. The Hall–Kier alpha value is -0.320. The molecule has 2 atom stereocenters. The van der Waals surface area contributed by atoms with E-state index in [0.717, 1.165) is 32.4 Å². The fourth-order valence-corrected chi connectivity index (χ4v) is 2.28. The van der Waals surface area contributed by atoms with E-state index in [1.165, 1.54) is 6.42 Å². The van der Waals surface area contributed by atoms with Crippen LogP contribution in [0.25, 0.3) is 0 Å². The van der Waals surface area contributed by atoms with Crippen LogP contribution in [0.4, 0.5) is 0 Å². The van der Waals surface area contributed by atoms with Gasteiger partial charge in [0, 0.05) is 19.6 Å². The van der Waals surface area contributed by atoms with Crippen molar-refractivity contribution in [3.63, 3.8) is 0 Å². The topological polar surface area (TPSA) is 61.4 Å². The maximum absolute atomic E-state index is 11.6. The van der Waals surface area contributed by atoms with Gasteiger partial charge in [0.1, 0.15) is 0 Å². The van der Waals surface area contributed by atoms with E-state index < -0.39 is 0 Å². The van der Waals surface area contributed by atoms with Crippen LogP contribution in [0.5, 0.6) is 0 Å². The SMILES string of the molecule is CCC(CCO)CNC(=O)CCC1CCNC1.Cl. The molecule has 1 saturated heterocycles. The van der Waals surface area contributed by atoms with Crippen LogP contribution in [0.15, 0.2) is 0 Å². The van der Waals surface area contributed by atoms with Crippen LogP contribution in [0, 0.1) is 11.8 Å². The number of carbonyl (C=O) groups excluding carboxylic acids is 1. The van der Waals surface area contributed by atoms with Gasteiger partial charge < -0.3 is 15.7 Å². The molecule has 2 unspecified atom stereocenters. The number of carbonyl (C=O) groups is 1. The molecule has 1 rings (SSSR count). The normalized spacial score (nSPS) is 20.2. The molecule has 0 spiro atoms. The van der Waals surface area contributed by atoms with E-state index in [-0.39, 0.29) is 24.9 Å². The molecule has 1 aliphatic rings. The fourth-order valence-electron chi connectivity index (χ4n) is 2.28. The summed E-state index contributed by atoms with van der Waals surface area (Å²) in [6, 6.07) is 0. The minimum absolute atomic E-state index is 0. The molecular weight excluding hydrogens is 252 g/mol. The third-order valence-corrected chi connectivity index (χ3v) is 3.64. The summed E-state index contributed by atoms with van der Waals surface area (Å²) < 4.78 is 0. The van der Waals surface area contributed by atoms with Gasteiger partial charge in [-0.2, -0.15) is 0 Å². The third-order valence-electron chi connectivity index (χ3n) is 3.64. The highest BCUT2D eigenvalue weighted by Crippen LogP contribution is 2.14. The van der Waals surface area contributed by atoms with Crippen LogP contribution in [0.2, 0.25) is 0 Å². The maximum atomic E-state index is 11.6. The average Bonchev–Trinajstić information content (AvgIpc) is 2.85. The van der Waals surface area contributed by atoms with E-state index in [1.54, 1.807) is 0 Å². The molecule has 0 aromatic rings. The largest absolute Gasteiger partial charge is 0.396 e. The molecule has 0 bridgehead atoms. The van der Waals surface area contributed by atoms with Crippen LogP contribution in [-0.2, 0) is 4.79 Å². The van der Waals surface area contributed by atoms with E-state index in [9.17, 15) is 4.79 Å². The van der Waals surface area contributed by atoms with Gasteiger partial charge in [-0.25, -0.2) is 0 Å². The molecule has 108 valence electrons. The molecule has 1 aliphatic heterocycles. The number of aliphatic hydroxyl groups excluding tert-OH is 1. The molecule has 0 aliphatic carbocycles. The van der Waals surface area contributed by atoms with Gasteiger partial charge in [-0.15, -0.1) is 12.4 Å². The number of hydrogen-bond donors (Lipinski definition) is 3. The van der Waals surface area contributed by atoms with Gasteiger partial charge >= 0.3 is 0 Å². The van der Waals surface area contributed by atoms with Crippen molar-refractivity contribution in [3.05, 3.63) is 0 Å². The second kappa shape index (κ2) is 10.6. The van der Waals surface area contributed by atoms with Gasteiger partial charge in [-0.1, -0.05) is 13.3 Å². The summed E-state index contributed by atoms with van der Waals surface area (Å²) in [5.74, 6) is 1.26. The molecule has 1 fully saturated rings. The molecule has 0 aromatic heterocycles. The Morgan fingerprint density at radius 3 is 2.89 bits per heavy atom. The van der Waals surface area contributed by atoms with E-state index in [2.05, 4.69) is 17.6 Å². The lowest BCUT2D eigenvalue weighted by Gasteiger charge is -2.14. The first kappa shape index (κ1) is 17.7. The smallest absolute Gasteiger partial charge is 0.220 e. The molecule has 0 saturated carbocycles. The zero-order valence-electron chi connectivity index (χ0n) is 11.3. The van der Waals surface area contributed by atoms with E-state index in [4.69, 9.17) is 5.11 Å².